The Labute approximate surface area is 568 Å². The summed E-state index contributed by atoms with van der Waals surface area (Å²) in [7, 11) is 2.37. The summed E-state index contributed by atoms with van der Waals surface area (Å²) in [5.74, 6) is -1.34. The zero-order valence-electron chi connectivity index (χ0n) is 56.8. The summed E-state index contributed by atoms with van der Waals surface area (Å²) in [6.45, 7) is 14.2. The number of carbonyl (C=O) groups is 1. The second-order valence-corrected chi connectivity index (χ2v) is 30.5. The molecule has 0 aromatic carbocycles. The molecule has 31 nitrogen and oxygen atoms in total. The van der Waals surface area contributed by atoms with Crippen LogP contribution in [0.1, 0.15) is 93.4 Å². The summed E-state index contributed by atoms with van der Waals surface area (Å²) < 4.78 is 84.1. The van der Waals surface area contributed by atoms with Crippen molar-refractivity contribution in [3.05, 3.63) is 36.0 Å². The van der Waals surface area contributed by atoms with Gasteiger partial charge in [-0.15, -0.1) is 0 Å². The first-order chi connectivity index (χ1) is 46.3. The molecule has 4 aliphatic carbocycles. The Morgan fingerprint density at radius 1 is 0.551 bits per heavy atom. The molecule has 11 aliphatic rings. The van der Waals surface area contributed by atoms with Crippen molar-refractivity contribution in [2.45, 2.75) is 283 Å². The van der Waals surface area contributed by atoms with Gasteiger partial charge in [0, 0.05) is 26.6 Å². The van der Waals surface area contributed by atoms with Gasteiger partial charge in [-0.3, -0.25) is 4.79 Å². The molecular formula is C67H106O31. The Bertz CT molecular complexity index is 2820. The van der Waals surface area contributed by atoms with Crippen molar-refractivity contribution in [1.82, 2.24) is 0 Å². The van der Waals surface area contributed by atoms with Gasteiger partial charge in [0.15, 0.2) is 31.5 Å². The normalized spacial score (nSPS) is 53.3. The molecule has 0 aromatic heterocycles. The number of aliphatic hydroxyl groups excluding tert-OH is 16. The van der Waals surface area contributed by atoms with Crippen molar-refractivity contribution in [1.29, 1.82) is 0 Å². The lowest BCUT2D eigenvalue weighted by atomic mass is 9.39. The maximum atomic E-state index is 14.7. The van der Waals surface area contributed by atoms with Crippen LogP contribution >= 0.6 is 0 Å². The monoisotopic (exact) mass is 1410 g/mol. The van der Waals surface area contributed by atoms with Crippen LogP contribution in [0.4, 0.5) is 0 Å². The number of esters is 1. The lowest BCUT2D eigenvalue weighted by Crippen LogP contribution is -2.68. The Morgan fingerprint density at radius 3 is 1.52 bits per heavy atom. The zero-order chi connectivity index (χ0) is 71.4. The Morgan fingerprint density at radius 2 is 1.02 bits per heavy atom. The molecule has 31 heteroatoms. The maximum Gasteiger partial charge on any atom is 0.316 e. The summed E-state index contributed by atoms with van der Waals surface area (Å²) in [4.78, 5) is 14.7. The SMILES string of the molecule is C=C(C)/C=C/C[C@]1(C)OC(=O)[C@]23[C@@H](O)C=C4[C@@H](CC[C@H]5C(C)(C)[C@@H]([C@@H]6OC[C@@H](O[C@@H]7O[C@H](CO)[C@@H](O)[C@H](O[C@@H]8O[C@H](CO)[C@@H](O)[C@H](OC)[C@H]8O)[C@H]7O)[C@H](O)[C@H]6O[C@@H]6O[C@H](C)[C@@H](O[C@@H]7O[C@H](CO)[C@@H](O)[C@H](O[C@@H]8O[C@H](CO)[C@@H](O)[C@H](OC)[C@H]8O)[C@H]7O)[C@H](O)[C@H]6O)CC[C@]45C)[C@]2(C)CC[C@@H]31. The maximum absolute atomic E-state index is 14.7. The molecule has 7 aliphatic heterocycles. The minimum atomic E-state index is -2.05. The number of allylic oxidation sites excluding steroid dienone is 3. The first kappa shape index (κ1) is 76.7. The molecular weight excluding hydrogens is 1300 g/mol. The van der Waals surface area contributed by atoms with Gasteiger partial charge in [-0.05, 0) is 93.3 Å². The van der Waals surface area contributed by atoms with Crippen molar-refractivity contribution >= 4 is 5.97 Å². The van der Waals surface area contributed by atoms with Crippen molar-refractivity contribution in [2.75, 3.05) is 47.3 Å². The molecule has 1 spiro atoms. The number of rotatable bonds is 20. The number of methoxy groups -OCH3 is 2. The minimum absolute atomic E-state index is 0.0869. The van der Waals surface area contributed by atoms with Crippen LogP contribution in [-0.4, -0.2) is 325 Å². The lowest BCUT2D eigenvalue weighted by molar-refractivity contribution is -0.388. The van der Waals surface area contributed by atoms with Crippen LogP contribution < -0.4 is 0 Å². The predicted molar refractivity (Wildman–Crippen MR) is 330 cm³/mol. The smallest absolute Gasteiger partial charge is 0.316 e. The fourth-order valence-corrected chi connectivity index (χ4v) is 19.5. The van der Waals surface area contributed by atoms with Crippen LogP contribution in [0, 0.1) is 45.3 Å². The van der Waals surface area contributed by atoms with Crippen LogP contribution in [0.15, 0.2) is 36.0 Å². The highest BCUT2D eigenvalue weighted by Crippen LogP contribution is 2.76. The Hall–Kier alpha value is -2.47. The summed E-state index contributed by atoms with van der Waals surface area (Å²) in [5.41, 5.74) is -2.00. The number of cyclic esters (lactones) is 1. The van der Waals surface area contributed by atoms with E-state index in [0.29, 0.717) is 44.9 Å². The average Bonchev–Trinajstić information content (AvgIpc) is 1.45. The molecule has 0 radical (unpaired) electrons. The fourth-order valence-electron chi connectivity index (χ4n) is 19.5. The van der Waals surface area contributed by atoms with Gasteiger partial charge in [0.1, 0.15) is 145 Å². The van der Waals surface area contributed by atoms with Crippen molar-refractivity contribution < 1.29 is 153 Å². The molecule has 0 unspecified atom stereocenters. The predicted octanol–water partition coefficient (Wildman–Crippen LogP) is -4.07. The Kier molecular flexibility index (Phi) is 23.0. The van der Waals surface area contributed by atoms with Crippen molar-refractivity contribution in [3.63, 3.8) is 0 Å². The second kappa shape index (κ2) is 29.5. The molecule has 11 rings (SSSR count). The minimum Gasteiger partial charge on any atom is -0.458 e. The van der Waals surface area contributed by atoms with E-state index in [1.54, 1.807) is 0 Å². The van der Waals surface area contributed by atoms with E-state index in [9.17, 15) is 86.5 Å². The van der Waals surface area contributed by atoms with Gasteiger partial charge in [-0.25, -0.2) is 0 Å². The van der Waals surface area contributed by atoms with Gasteiger partial charge in [0.05, 0.1) is 51.3 Å². The molecule has 7 saturated heterocycles. The molecule has 560 valence electrons. The molecule has 10 fully saturated rings. The highest BCUT2D eigenvalue weighted by atomic mass is 16.8. The third-order valence-corrected chi connectivity index (χ3v) is 24.7. The van der Waals surface area contributed by atoms with Gasteiger partial charge < -0.3 is 148 Å². The summed E-state index contributed by atoms with van der Waals surface area (Å²) >= 11 is 0. The van der Waals surface area contributed by atoms with Crippen LogP contribution in [0.2, 0.25) is 0 Å². The topological polar surface area (TPSA) is 470 Å². The largest absolute Gasteiger partial charge is 0.458 e. The van der Waals surface area contributed by atoms with Crippen LogP contribution in [0.5, 0.6) is 0 Å². The van der Waals surface area contributed by atoms with Crippen molar-refractivity contribution in [2.24, 2.45) is 45.3 Å². The molecule has 98 heavy (non-hydrogen) atoms. The van der Waals surface area contributed by atoms with E-state index in [1.165, 1.54) is 21.1 Å². The fraction of sp³-hybridized carbons (Fsp3) is 0.896. The highest BCUT2D eigenvalue weighted by Gasteiger charge is 2.79. The van der Waals surface area contributed by atoms with E-state index >= 15 is 0 Å². The van der Waals surface area contributed by atoms with Gasteiger partial charge in [-0.2, -0.15) is 0 Å². The van der Waals surface area contributed by atoms with E-state index in [4.69, 9.17) is 66.3 Å². The first-order valence-electron chi connectivity index (χ1n) is 34.4. The summed E-state index contributed by atoms with van der Waals surface area (Å²) in [5, 5.41) is 181. The second-order valence-electron chi connectivity index (χ2n) is 30.5. The van der Waals surface area contributed by atoms with Crippen LogP contribution in [0.25, 0.3) is 0 Å². The molecule has 0 bridgehead atoms. The van der Waals surface area contributed by atoms with Gasteiger partial charge >= 0.3 is 5.97 Å². The zero-order valence-corrected chi connectivity index (χ0v) is 56.8. The van der Waals surface area contributed by atoms with E-state index in [1.807, 2.05) is 32.1 Å². The van der Waals surface area contributed by atoms with E-state index in [0.717, 1.165) is 11.1 Å². The number of hydrogen-bond donors (Lipinski definition) is 16. The van der Waals surface area contributed by atoms with Gasteiger partial charge in [-0.1, -0.05) is 63.6 Å². The third-order valence-electron chi connectivity index (χ3n) is 24.7. The standard InChI is InChI=1S/C67H106O31/c1-26(2)12-11-17-66(8)37-16-19-65(7)28-13-14-36-63(4,5)29(15-18-64(36,6)30(28)20-38(72)67(37,65)62(84)98-66)51-56(43(77)35(25-87-51)93-58-48(82)54(41(75)33(23-70)89-58)95-59-46(80)52(85-9)39(73)31(21-68)90-59)97-57-45(79)44(78)50(27(3)88-57)94-61-49(83)55(42(76)34(24-71)92-61)96-60-47(81)53(86-10)40(74)32(22-69)91-60/h11-12,20,27-29,31-61,68-83H,1,13-19,21-25H2,2-10H3/b12-11+/t27-,28-,29-,31-,32-,33-,34-,35-,36+,37-,38+,39-,40-,41-,42-,43+,44-,45-,46-,47-,48-,49-,50-,51+,52+,53+,54+,55+,56-,57+,58+,59+,60+,61+,64-,65+,66+,67+/m1/s1. The van der Waals surface area contributed by atoms with Crippen LogP contribution in [0.3, 0.4) is 0 Å². The molecule has 38 atom stereocenters. The number of hydrogen-bond acceptors (Lipinski definition) is 31. The first-order valence-corrected chi connectivity index (χ1v) is 34.4. The molecule has 7 heterocycles. The highest BCUT2D eigenvalue weighted by molar-refractivity contribution is 5.84. The summed E-state index contributed by atoms with van der Waals surface area (Å²) in [6, 6.07) is 0. The Balaban J connectivity index is 0.862. The van der Waals surface area contributed by atoms with Crippen molar-refractivity contribution in [3.8, 4) is 0 Å². The van der Waals surface area contributed by atoms with E-state index in [2.05, 4.69) is 34.3 Å². The molecule has 16 N–H and O–H groups in total. The lowest BCUT2D eigenvalue weighted by Gasteiger charge is -2.65. The van der Waals surface area contributed by atoms with Crippen LogP contribution in [-0.2, 0) is 71.1 Å². The third kappa shape index (κ3) is 12.8. The number of ether oxygens (including phenoxy) is 14. The average molecular weight is 1410 g/mol. The molecule has 0 amide bonds. The number of carbonyl (C=O) groups excluding carboxylic acids is 1. The summed E-state index contributed by atoms with van der Waals surface area (Å²) in [6.07, 6.45) is -39.2. The quantitative estimate of drug-likeness (QED) is 0.0313. The molecule has 0 aromatic rings. The van der Waals surface area contributed by atoms with Gasteiger partial charge in [0.25, 0.3) is 0 Å². The number of fused-ring (bicyclic) bond motifs is 4. The molecule has 3 saturated carbocycles. The number of aliphatic hydroxyl groups is 16. The van der Waals surface area contributed by atoms with E-state index in [-0.39, 0.29) is 23.7 Å². The van der Waals surface area contributed by atoms with E-state index < -0.39 is 250 Å². The van der Waals surface area contributed by atoms with Gasteiger partial charge in [0.2, 0.25) is 0 Å².